The molecule has 0 spiro atoms. The Morgan fingerprint density at radius 2 is 2.11 bits per heavy atom. The summed E-state index contributed by atoms with van der Waals surface area (Å²) < 4.78 is 11.6. The fourth-order valence-corrected chi connectivity index (χ4v) is 1.43. The molecule has 0 aliphatic heterocycles. The Morgan fingerprint density at radius 3 is 2.67 bits per heavy atom. The Morgan fingerprint density at radius 1 is 1.39 bits per heavy atom. The van der Waals surface area contributed by atoms with Gasteiger partial charge in [0.1, 0.15) is 12.2 Å². The molecule has 0 aromatic heterocycles. The second-order valence-corrected chi connectivity index (χ2v) is 3.44. The zero-order valence-electron chi connectivity index (χ0n) is 9.54. The van der Waals surface area contributed by atoms with E-state index in [0.29, 0.717) is 17.9 Å². The largest absolute Gasteiger partial charge is 0.465 e. The zero-order valence-corrected chi connectivity index (χ0v) is 10.4. The summed E-state index contributed by atoms with van der Waals surface area (Å²) in [6.07, 6.45) is 0. The number of esters is 1. The summed E-state index contributed by atoms with van der Waals surface area (Å²) in [5, 5.41) is 10.7. The molecule has 18 heavy (non-hydrogen) atoms. The monoisotopic (exact) mass is 274 g/mol. The lowest BCUT2D eigenvalue weighted by Crippen LogP contribution is -2.03. The van der Waals surface area contributed by atoms with Crippen LogP contribution in [0.15, 0.2) is 18.2 Å². The quantitative estimate of drug-likeness (QED) is 0.160. The van der Waals surface area contributed by atoms with E-state index in [9.17, 15) is 14.9 Å². The van der Waals surface area contributed by atoms with Gasteiger partial charge in [0.2, 0.25) is 0 Å². The summed E-state index contributed by atoms with van der Waals surface area (Å²) in [4.78, 5) is 25.7. The Labute approximate surface area is 107 Å². The molecule has 98 valence electrons. The summed E-state index contributed by atoms with van der Waals surface area (Å²) in [6, 6.07) is 3.77. The minimum Gasteiger partial charge on any atom is -0.465 e. The fourth-order valence-electron chi connectivity index (χ4n) is 1.11. The van der Waals surface area contributed by atoms with E-state index in [-0.39, 0.29) is 11.3 Å². The second-order valence-electron chi connectivity index (χ2n) is 2.94. The number of anilines is 1. The van der Waals surface area contributed by atoms with Gasteiger partial charge in [-0.25, -0.2) is 9.68 Å². The Bertz CT molecular complexity index is 453. The second kappa shape index (κ2) is 6.79. The molecule has 8 nitrogen and oxygen atoms in total. The molecule has 0 fully saturated rings. The molecule has 0 amide bonds. The van der Waals surface area contributed by atoms with Crippen molar-refractivity contribution in [3.8, 4) is 0 Å². The van der Waals surface area contributed by atoms with Crippen LogP contribution >= 0.6 is 12.2 Å². The third-order valence-electron chi connectivity index (χ3n) is 1.81. The maximum atomic E-state index is 11.3. The first-order chi connectivity index (χ1) is 8.58. The van der Waals surface area contributed by atoms with Gasteiger partial charge in [-0.3, -0.25) is 10.1 Å². The molecule has 1 aromatic rings. The van der Waals surface area contributed by atoms with E-state index in [2.05, 4.69) is 18.7 Å². The third kappa shape index (κ3) is 3.87. The molecule has 0 saturated carbocycles. The molecule has 0 heterocycles. The molecule has 0 saturated heterocycles. The molecular weight excluding hydrogens is 264 g/mol. The highest BCUT2D eigenvalue weighted by molar-refractivity contribution is 7.95. The average Bonchev–Trinajstić information content (AvgIpc) is 2.37. The fraction of sp³-hybridized carbons (Fsp3) is 0.222. The molecule has 0 atom stereocenters. The number of ether oxygens (including phenoxy) is 1. The number of hydrogen-bond donors (Lipinski definition) is 1. The number of nitrogens with one attached hydrogen (secondary N) is 1. The maximum absolute atomic E-state index is 11.3. The standard InChI is InChI=1S/C9H10N2O6S/c1-15-9(12)6-3-7(10-18-17-16-2)5-8(4-6)11(13)14/h3-5,10H,1-2H3. The van der Waals surface area contributed by atoms with Gasteiger partial charge in [0.25, 0.3) is 5.69 Å². The van der Waals surface area contributed by atoms with Crippen LogP contribution in [0.4, 0.5) is 11.4 Å². The highest BCUT2D eigenvalue weighted by Crippen LogP contribution is 2.23. The maximum Gasteiger partial charge on any atom is 0.338 e. The summed E-state index contributed by atoms with van der Waals surface area (Å²) in [5.74, 6) is -0.667. The van der Waals surface area contributed by atoms with Gasteiger partial charge in [-0.15, -0.1) is 4.33 Å². The number of methoxy groups -OCH3 is 1. The predicted molar refractivity (Wildman–Crippen MR) is 63.7 cm³/mol. The van der Waals surface area contributed by atoms with Crippen LogP contribution in [0.1, 0.15) is 10.4 Å². The Balaban J connectivity index is 2.98. The van der Waals surface area contributed by atoms with E-state index in [0.717, 1.165) is 6.07 Å². The van der Waals surface area contributed by atoms with Crippen molar-refractivity contribution in [2.45, 2.75) is 0 Å². The van der Waals surface area contributed by atoms with Gasteiger partial charge in [-0.05, 0) is 6.07 Å². The number of carbonyl (C=O) groups excluding carboxylic acids is 1. The van der Waals surface area contributed by atoms with Crippen LogP contribution in [-0.2, 0) is 14.0 Å². The summed E-state index contributed by atoms with van der Waals surface area (Å²) in [5.41, 5.74) is 0.136. The summed E-state index contributed by atoms with van der Waals surface area (Å²) in [7, 11) is 2.50. The number of nitrogens with zero attached hydrogens (tertiary/aromatic N) is 1. The molecule has 0 radical (unpaired) electrons. The van der Waals surface area contributed by atoms with E-state index in [1.807, 2.05) is 0 Å². The van der Waals surface area contributed by atoms with Gasteiger partial charge in [0.05, 0.1) is 30.4 Å². The number of nitro groups is 1. The zero-order chi connectivity index (χ0) is 13.5. The van der Waals surface area contributed by atoms with Gasteiger partial charge < -0.3 is 9.46 Å². The molecule has 0 unspecified atom stereocenters. The first-order valence-electron chi connectivity index (χ1n) is 4.58. The van der Waals surface area contributed by atoms with Crippen molar-refractivity contribution in [3.63, 3.8) is 0 Å². The molecule has 0 aliphatic rings. The number of rotatable bonds is 6. The normalized spacial score (nSPS) is 9.89. The van der Waals surface area contributed by atoms with Gasteiger partial charge in [-0.2, -0.15) is 0 Å². The number of benzene rings is 1. The molecule has 1 rings (SSSR count). The van der Waals surface area contributed by atoms with Crippen LogP contribution in [0.2, 0.25) is 0 Å². The third-order valence-corrected chi connectivity index (χ3v) is 2.33. The van der Waals surface area contributed by atoms with Gasteiger partial charge in [-0.1, -0.05) is 0 Å². The van der Waals surface area contributed by atoms with Gasteiger partial charge in [0, 0.05) is 12.1 Å². The van der Waals surface area contributed by atoms with E-state index in [1.165, 1.54) is 26.4 Å². The van der Waals surface area contributed by atoms with Crippen molar-refractivity contribution < 1.29 is 23.7 Å². The van der Waals surface area contributed by atoms with Crippen molar-refractivity contribution in [2.75, 3.05) is 18.9 Å². The van der Waals surface area contributed by atoms with E-state index < -0.39 is 10.9 Å². The van der Waals surface area contributed by atoms with E-state index in [1.54, 1.807) is 0 Å². The number of hydrogen-bond acceptors (Lipinski definition) is 8. The number of non-ortho nitro benzene ring substituents is 1. The summed E-state index contributed by atoms with van der Waals surface area (Å²) in [6.45, 7) is 0. The van der Waals surface area contributed by atoms with Gasteiger partial charge >= 0.3 is 5.97 Å². The van der Waals surface area contributed by atoms with E-state index >= 15 is 0 Å². The highest BCUT2D eigenvalue weighted by atomic mass is 32.2. The van der Waals surface area contributed by atoms with Crippen molar-refractivity contribution >= 4 is 29.6 Å². The van der Waals surface area contributed by atoms with Crippen LogP contribution in [0.25, 0.3) is 0 Å². The molecule has 0 bridgehead atoms. The molecule has 1 N–H and O–H groups in total. The SMILES string of the molecule is COOSNc1cc(C(=O)OC)cc([N+](=O)[O-])c1. The minimum absolute atomic E-state index is 0.0622. The van der Waals surface area contributed by atoms with Crippen LogP contribution in [0, 0.1) is 10.1 Å². The van der Waals surface area contributed by atoms with Gasteiger partial charge in [0.15, 0.2) is 0 Å². The molecule has 9 heteroatoms. The highest BCUT2D eigenvalue weighted by Gasteiger charge is 2.15. The number of nitro benzene ring substituents is 1. The minimum atomic E-state index is -0.667. The van der Waals surface area contributed by atoms with Crippen molar-refractivity contribution in [1.82, 2.24) is 0 Å². The van der Waals surface area contributed by atoms with E-state index in [4.69, 9.17) is 0 Å². The summed E-state index contributed by atoms with van der Waals surface area (Å²) >= 11 is 0.708. The lowest BCUT2D eigenvalue weighted by atomic mass is 10.2. The topological polar surface area (TPSA) is 99.9 Å². The van der Waals surface area contributed by atoms with Crippen LogP contribution in [-0.4, -0.2) is 25.1 Å². The van der Waals surface area contributed by atoms with Crippen LogP contribution in [0.5, 0.6) is 0 Å². The smallest absolute Gasteiger partial charge is 0.338 e. The molecule has 0 aliphatic carbocycles. The van der Waals surface area contributed by atoms with Crippen molar-refractivity contribution in [3.05, 3.63) is 33.9 Å². The predicted octanol–water partition coefficient (Wildman–Crippen LogP) is 1.93. The number of carbonyl (C=O) groups is 1. The van der Waals surface area contributed by atoms with Crippen molar-refractivity contribution in [1.29, 1.82) is 0 Å². The Hall–Kier alpha value is -1.84. The molecular formula is C9H10N2O6S. The molecule has 1 aromatic carbocycles. The average molecular weight is 274 g/mol. The van der Waals surface area contributed by atoms with Crippen LogP contribution < -0.4 is 4.72 Å². The first-order valence-corrected chi connectivity index (χ1v) is 5.32. The Kier molecular flexibility index (Phi) is 5.36. The lowest BCUT2D eigenvalue weighted by Gasteiger charge is -2.05. The van der Waals surface area contributed by atoms with Crippen LogP contribution in [0.3, 0.4) is 0 Å². The lowest BCUT2D eigenvalue weighted by molar-refractivity contribution is -0.384. The van der Waals surface area contributed by atoms with Crippen molar-refractivity contribution in [2.24, 2.45) is 0 Å². The first kappa shape index (κ1) is 14.2.